The molecule has 31 heavy (non-hydrogen) atoms. The molecular formula is C23H25Cl2N3O2S. The molecule has 2 fully saturated rings. The van der Waals surface area contributed by atoms with E-state index in [2.05, 4.69) is 10.3 Å². The van der Waals surface area contributed by atoms with Crippen molar-refractivity contribution < 1.29 is 9.59 Å². The van der Waals surface area contributed by atoms with Crippen LogP contribution in [0.2, 0.25) is 10.0 Å². The van der Waals surface area contributed by atoms with E-state index in [1.54, 1.807) is 47.3 Å². The van der Waals surface area contributed by atoms with Crippen LogP contribution in [0.15, 0.2) is 42.7 Å². The maximum Gasteiger partial charge on any atom is 0.256 e. The number of hydrogen-bond donors (Lipinski definition) is 1. The van der Waals surface area contributed by atoms with Crippen LogP contribution in [0.1, 0.15) is 48.0 Å². The van der Waals surface area contributed by atoms with E-state index >= 15 is 0 Å². The van der Waals surface area contributed by atoms with E-state index in [4.69, 9.17) is 23.2 Å². The van der Waals surface area contributed by atoms with Crippen LogP contribution in [0.25, 0.3) is 0 Å². The van der Waals surface area contributed by atoms with Crippen LogP contribution in [0, 0.1) is 5.92 Å². The molecule has 1 aliphatic heterocycles. The van der Waals surface area contributed by atoms with Crippen LogP contribution < -0.4 is 5.32 Å². The van der Waals surface area contributed by atoms with Crippen molar-refractivity contribution in [3.63, 3.8) is 0 Å². The maximum atomic E-state index is 13.6. The fourth-order valence-electron chi connectivity index (χ4n) is 4.38. The average molecular weight is 478 g/mol. The molecule has 1 N–H and O–H groups in total. The molecule has 2 aromatic rings. The van der Waals surface area contributed by atoms with Gasteiger partial charge in [0.15, 0.2) is 0 Å². The smallest absolute Gasteiger partial charge is 0.256 e. The molecule has 5 nitrogen and oxygen atoms in total. The molecule has 0 bridgehead atoms. The van der Waals surface area contributed by atoms with E-state index in [0.717, 1.165) is 18.4 Å². The molecule has 4 rings (SSSR count). The van der Waals surface area contributed by atoms with Crippen LogP contribution in [-0.2, 0) is 11.3 Å². The molecule has 1 saturated carbocycles. The minimum Gasteiger partial charge on any atom is -0.350 e. The van der Waals surface area contributed by atoms with Crippen LogP contribution in [0.4, 0.5) is 0 Å². The van der Waals surface area contributed by atoms with E-state index in [1.165, 1.54) is 19.3 Å². The van der Waals surface area contributed by atoms with Gasteiger partial charge in [-0.25, -0.2) is 0 Å². The molecule has 0 spiro atoms. The minimum absolute atomic E-state index is 0.0174. The lowest BCUT2D eigenvalue weighted by molar-refractivity contribution is -0.125. The van der Waals surface area contributed by atoms with Gasteiger partial charge in [-0.15, -0.1) is 11.8 Å². The molecule has 1 saturated heterocycles. The Morgan fingerprint density at radius 3 is 2.55 bits per heavy atom. The second-order valence-corrected chi connectivity index (χ2v) is 10.0. The zero-order valence-electron chi connectivity index (χ0n) is 17.1. The first-order chi connectivity index (χ1) is 15.0. The Labute approximate surface area is 196 Å². The summed E-state index contributed by atoms with van der Waals surface area (Å²) >= 11 is 14.1. The number of thioether (sulfide) groups is 1. The Bertz CT molecular complexity index is 938. The largest absolute Gasteiger partial charge is 0.350 e. The molecule has 2 unspecified atom stereocenters. The summed E-state index contributed by atoms with van der Waals surface area (Å²) in [4.78, 5) is 32.5. The molecule has 1 aromatic heterocycles. The van der Waals surface area contributed by atoms with Crippen molar-refractivity contribution in [1.29, 1.82) is 0 Å². The zero-order chi connectivity index (χ0) is 21.8. The first kappa shape index (κ1) is 22.4. The maximum absolute atomic E-state index is 13.6. The summed E-state index contributed by atoms with van der Waals surface area (Å²) in [6.45, 7) is 0.403. The Kier molecular flexibility index (Phi) is 7.41. The predicted octanol–water partition coefficient (Wildman–Crippen LogP) is 5.17. The number of halogens is 2. The Hall–Kier alpha value is -1.76. The van der Waals surface area contributed by atoms with E-state index in [1.807, 2.05) is 12.1 Å². The van der Waals surface area contributed by atoms with Crippen LogP contribution in [0.5, 0.6) is 0 Å². The van der Waals surface area contributed by atoms with Gasteiger partial charge in [-0.2, -0.15) is 0 Å². The van der Waals surface area contributed by atoms with Crippen molar-refractivity contribution in [1.82, 2.24) is 15.2 Å². The van der Waals surface area contributed by atoms with Crippen LogP contribution >= 0.6 is 35.0 Å². The highest BCUT2D eigenvalue weighted by molar-refractivity contribution is 8.00. The highest BCUT2D eigenvalue weighted by Crippen LogP contribution is 2.41. The summed E-state index contributed by atoms with van der Waals surface area (Å²) in [6.07, 6.45) is 9.15. The quantitative estimate of drug-likeness (QED) is 0.644. The first-order valence-corrected chi connectivity index (χ1v) is 12.4. The molecule has 2 aliphatic rings. The molecule has 0 radical (unpaired) electrons. The third kappa shape index (κ3) is 5.18. The van der Waals surface area contributed by atoms with E-state index in [0.29, 0.717) is 33.8 Å². The van der Waals surface area contributed by atoms with Crippen molar-refractivity contribution in [3.05, 3.63) is 63.9 Å². The average Bonchev–Trinajstić information content (AvgIpc) is 3.24. The van der Waals surface area contributed by atoms with Crippen LogP contribution in [-0.4, -0.2) is 38.9 Å². The van der Waals surface area contributed by atoms with E-state index in [-0.39, 0.29) is 17.2 Å². The molecule has 2 atom stereocenters. The lowest BCUT2D eigenvalue weighted by Crippen LogP contribution is -2.51. The van der Waals surface area contributed by atoms with Gasteiger partial charge in [-0.3, -0.25) is 14.6 Å². The van der Waals surface area contributed by atoms with Gasteiger partial charge < -0.3 is 10.2 Å². The lowest BCUT2D eigenvalue weighted by Gasteiger charge is -2.35. The Morgan fingerprint density at radius 2 is 1.84 bits per heavy atom. The zero-order valence-corrected chi connectivity index (χ0v) is 19.4. The third-order valence-corrected chi connectivity index (χ3v) is 8.01. The summed E-state index contributed by atoms with van der Waals surface area (Å²) in [6, 6.07) is 8.10. The van der Waals surface area contributed by atoms with Crippen LogP contribution in [0.3, 0.4) is 0 Å². The number of nitrogens with zero attached hydrogens (tertiary/aromatic N) is 2. The van der Waals surface area contributed by atoms with Gasteiger partial charge in [0.1, 0.15) is 6.04 Å². The Morgan fingerprint density at radius 1 is 1.10 bits per heavy atom. The van der Waals surface area contributed by atoms with Gasteiger partial charge in [-0.1, -0.05) is 42.5 Å². The lowest BCUT2D eigenvalue weighted by atomic mass is 9.88. The number of pyridine rings is 1. The van der Waals surface area contributed by atoms with Gasteiger partial charge in [0.2, 0.25) is 5.91 Å². The molecule has 1 aromatic carbocycles. The van der Waals surface area contributed by atoms with E-state index < -0.39 is 6.04 Å². The summed E-state index contributed by atoms with van der Waals surface area (Å²) in [7, 11) is 0. The number of carbonyl (C=O) groups excluding carboxylic acids is 2. The van der Waals surface area contributed by atoms with Gasteiger partial charge in [0, 0.05) is 29.7 Å². The first-order valence-electron chi connectivity index (χ1n) is 10.6. The summed E-state index contributed by atoms with van der Waals surface area (Å²) in [5.41, 5.74) is 1.36. The minimum atomic E-state index is -0.530. The van der Waals surface area contributed by atoms with Crippen molar-refractivity contribution in [2.45, 2.75) is 50.1 Å². The molecule has 2 amide bonds. The summed E-state index contributed by atoms with van der Waals surface area (Å²) in [5, 5.41) is 3.77. The Balaban J connectivity index is 1.57. The van der Waals surface area contributed by atoms with Gasteiger partial charge >= 0.3 is 0 Å². The SMILES string of the molecule is O=C(NCc1ccncc1)C1CSC(C2CCCCC2)N1C(=O)c1ccc(Cl)cc1Cl. The second kappa shape index (κ2) is 10.2. The monoisotopic (exact) mass is 477 g/mol. The summed E-state index contributed by atoms with van der Waals surface area (Å²) < 4.78 is 0. The predicted molar refractivity (Wildman–Crippen MR) is 125 cm³/mol. The van der Waals surface area contributed by atoms with Crippen molar-refractivity contribution in [3.8, 4) is 0 Å². The van der Waals surface area contributed by atoms with Crippen molar-refractivity contribution in [2.75, 3.05) is 5.75 Å². The molecule has 8 heteroatoms. The molecule has 2 heterocycles. The third-order valence-electron chi connectivity index (χ3n) is 6.00. The number of carbonyl (C=O) groups is 2. The standard InChI is InChI=1S/C23H25Cl2N3O2S/c24-17-6-7-18(19(25)12-17)22(30)28-20(14-31-23(28)16-4-2-1-3-5-16)21(29)27-13-15-8-10-26-11-9-15/h6-12,16,20,23H,1-5,13-14H2,(H,27,29). The highest BCUT2D eigenvalue weighted by atomic mass is 35.5. The number of amides is 2. The molecular weight excluding hydrogens is 453 g/mol. The van der Waals surface area contributed by atoms with Crippen molar-refractivity contribution in [2.24, 2.45) is 5.92 Å². The van der Waals surface area contributed by atoms with E-state index in [9.17, 15) is 9.59 Å². The molecule has 164 valence electrons. The fourth-order valence-corrected chi connectivity index (χ4v) is 6.51. The normalized spacial score (nSPS) is 21.8. The van der Waals surface area contributed by atoms with Crippen molar-refractivity contribution >= 4 is 46.8 Å². The molecule has 1 aliphatic carbocycles. The van der Waals surface area contributed by atoms with Gasteiger partial charge in [0.05, 0.1) is 16.0 Å². The van der Waals surface area contributed by atoms with Gasteiger partial charge in [0.25, 0.3) is 5.91 Å². The van der Waals surface area contributed by atoms with Gasteiger partial charge in [-0.05, 0) is 54.7 Å². The number of hydrogen-bond acceptors (Lipinski definition) is 4. The number of benzene rings is 1. The number of aromatic nitrogens is 1. The fraction of sp³-hybridized carbons (Fsp3) is 0.435. The number of rotatable bonds is 5. The number of nitrogens with one attached hydrogen (secondary N) is 1. The summed E-state index contributed by atoms with van der Waals surface area (Å²) in [5.74, 6) is 0.638. The topological polar surface area (TPSA) is 62.3 Å². The highest BCUT2D eigenvalue weighted by Gasteiger charge is 2.45. The second-order valence-electron chi connectivity index (χ2n) is 8.05.